The van der Waals surface area contributed by atoms with Crippen molar-refractivity contribution >= 4 is 11.8 Å². The molecule has 1 aliphatic rings. The summed E-state index contributed by atoms with van der Waals surface area (Å²) in [5.41, 5.74) is 2.78. The molecular weight excluding hydrogens is 292 g/mol. The number of hydrogen-bond donors (Lipinski definition) is 1. The van der Waals surface area contributed by atoms with Gasteiger partial charge in [-0.1, -0.05) is 32.0 Å². The first-order valence-electron chi connectivity index (χ1n) is 7.62. The van der Waals surface area contributed by atoms with Crippen LogP contribution >= 0.6 is 0 Å². The summed E-state index contributed by atoms with van der Waals surface area (Å²) in [5.74, 6) is 0.0390. The van der Waals surface area contributed by atoms with Gasteiger partial charge in [-0.15, -0.1) is 0 Å². The van der Waals surface area contributed by atoms with Crippen molar-refractivity contribution in [3.8, 4) is 5.75 Å². The third-order valence-electron chi connectivity index (χ3n) is 4.14. The number of carboxylic acid groups (broad SMARTS) is 1. The van der Waals surface area contributed by atoms with Crippen molar-refractivity contribution in [3.05, 3.63) is 64.7 Å². The molecule has 3 rings (SSSR count). The molecule has 118 valence electrons. The second kappa shape index (κ2) is 5.88. The van der Waals surface area contributed by atoms with Crippen molar-refractivity contribution in [1.29, 1.82) is 0 Å². The maximum atomic E-state index is 12.4. The van der Waals surface area contributed by atoms with Crippen LogP contribution in [0.2, 0.25) is 0 Å². The molecule has 1 heterocycles. The van der Waals surface area contributed by atoms with Crippen LogP contribution in [0.3, 0.4) is 0 Å². The Hall–Kier alpha value is -2.62. The summed E-state index contributed by atoms with van der Waals surface area (Å²) >= 11 is 0. The van der Waals surface area contributed by atoms with Crippen LogP contribution in [0, 0.1) is 0 Å². The zero-order valence-electron chi connectivity index (χ0n) is 13.1. The van der Waals surface area contributed by atoms with Gasteiger partial charge in [-0.2, -0.15) is 0 Å². The van der Waals surface area contributed by atoms with Gasteiger partial charge in [0.2, 0.25) is 0 Å². The summed E-state index contributed by atoms with van der Waals surface area (Å²) < 4.78 is 5.96. The number of ether oxygens (including phenoxy) is 1. The zero-order chi connectivity index (χ0) is 16.6. The van der Waals surface area contributed by atoms with Crippen LogP contribution in [0.15, 0.2) is 42.5 Å². The van der Waals surface area contributed by atoms with E-state index in [1.54, 1.807) is 12.1 Å². The summed E-state index contributed by atoms with van der Waals surface area (Å²) in [4.78, 5) is 23.4. The smallest absolute Gasteiger partial charge is 0.335 e. The summed E-state index contributed by atoms with van der Waals surface area (Å²) in [6, 6.07) is 12.2. The molecule has 0 aromatic heterocycles. The highest BCUT2D eigenvalue weighted by Crippen LogP contribution is 2.36. The maximum absolute atomic E-state index is 12.4. The normalized spacial score (nSPS) is 16.8. The number of carbonyl (C=O) groups excluding carboxylic acids is 1. The lowest BCUT2D eigenvalue weighted by molar-refractivity contribution is 0.0695. The summed E-state index contributed by atoms with van der Waals surface area (Å²) in [5, 5.41) is 8.94. The highest BCUT2D eigenvalue weighted by atomic mass is 16.5. The fourth-order valence-corrected chi connectivity index (χ4v) is 2.73. The van der Waals surface area contributed by atoms with Gasteiger partial charge in [0.15, 0.2) is 5.78 Å². The predicted octanol–water partition coefficient (Wildman–Crippen LogP) is 4.21. The number of aromatic carboxylic acids is 1. The van der Waals surface area contributed by atoms with Gasteiger partial charge in [-0.25, -0.2) is 4.79 Å². The van der Waals surface area contributed by atoms with E-state index in [4.69, 9.17) is 9.84 Å². The lowest BCUT2D eigenvalue weighted by Gasteiger charge is -2.26. The number of Topliss-reactive ketones (excluding diaryl/α,β-unsaturated/α-hetero) is 1. The molecule has 0 radical (unpaired) electrons. The Morgan fingerprint density at radius 2 is 1.87 bits per heavy atom. The second-order valence-corrected chi connectivity index (χ2v) is 6.07. The maximum Gasteiger partial charge on any atom is 0.335 e. The molecule has 0 aliphatic carbocycles. The van der Waals surface area contributed by atoms with Gasteiger partial charge in [0.25, 0.3) is 0 Å². The minimum atomic E-state index is -0.969. The molecule has 1 unspecified atom stereocenters. The third kappa shape index (κ3) is 2.97. The van der Waals surface area contributed by atoms with Crippen molar-refractivity contribution in [2.75, 3.05) is 0 Å². The topological polar surface area (TPSA) is 63.6 Å². The molecule has 4 heteroatoms. The van der Waals surface area contributed by atoms with Gasteiger partial charge in [0.1, 0.15) is 11.9 Å². The Kier molecular flexibility index (Phi) is 3.90. The molecule has 2 aromatic rings. The Bertz CT molecular complexity index is 759. The Morgan fingerprint density at radius 1 is 1.17 bits per heavy atom. The first-order valence-corrected chi connectivity index (χ1v) is 7.62. The second-order valence-electron chi connectivity index (χ2n) is 6.07. The van der Waals surface area contributed by atoms with E-state index in [1.165, 1.54) is 12.1 Å². The lowest BCUT2D eigenvalue weighted by atomic mass is 9.92. The Balaban J connectivity index is 1.88. The molecule has 4 nitrogen and oxygen atoms in total. The SMILES string of the molecule is CC(C)c1ccc2c(c1)C(=O)CC(c1ccc(C(=O)O)cc1)O2. The van der Waals surface area contributed by atoms with Crippen LogP contribution < -0.4 is 4.74 Å². The van der Waals surface area contributed by atoms with Crippen LogP contribution in [0.4, 0.5) is 0 Å². The summed E-state index contributed by atoms with van der Waals surface area (Å²) in [6.07, 6.45) is -0.108. The first kappa shape index (κ1) is 15.3. The number of hydrogen-bond acceptors (Lipinski definition) is 3. The number of benzene rings is 2. The Morgan fingerprint density at radius 3 is 2.48 bits per heavy atom. The van der Waals surface area contributed by atoms with Crippen LogP contribution in [0.5, 0.6) is 5.75 Å². The van der Waals surface area contributed by atoms with E-state index in [-0.39, 0.29) is 23.9 Å². The van der Waals surface area contributed by atoms with Crippen LogP contribution in [-0.2, 0) is 0 Å². The molecule has 0 amide bonds. The van der Waals surface area contributed by atoms with Gasteiger partial charge in [0, 0.05) is 0 Å². The number of ketones is 1. The molecule has 1 atom stereocenters. The van der Waals surface area contributed by atoms with E-state index >= 15 is 0 Å². The van der Waals surface area contributed by atoms with Crippen molar-refractivity contribution in [2.45, 2.75) is 32.3 Å². The van der Waals surface area contributed by atoms with E-state index in [2.05, 4.69) is 13.8 Å². The summed E-state index contributed by atoms with van der Waals surface area (Å²) in [7, 11) is 0. The molecule has 2 aromatic carbocycles. The van der Waals surface area contributed by atoms with E-state index < -0.39 is 5.97 Å². The monoisotopic (exact) mass is 310 g/mol. The molecular formula is C19H18O4. The highest BCUT2D eigenvalue weighted by Gasteiger charge is 2.28. The molecule has 23 heavy (non-hydrogen) atoms. The zero-order valence-corrected chi connectivity index (χ0v) is 13.1. The lowest BCUT2D eigenvalue weighted by Crippen LogP contribution is -2.20. The number of rotatable bonds is 3. The van der Waals surface area contributed by atoms with E-state index in [0.717, 1.165) is 11.1 Å². The molecule has 1 aliphatic heterocycles. The van der Waals surface area contributed by atoms with Crippen LogP contribution in [0.1, 0.15) is 64.1 Å². The Labute approximate surface area is 134 Å². The molecule has 0 fully saturated rings. The largest absolute Gasteiger partial charge is 0.484 e. The molecule has 0 spiro atoms. The van der Waals surface area contributed by atoms with Crippen LogP contribution in [0.25, 0.3) is 0 Å². The third-order valence-corrected chi connectivity index (χ3v) is 4.14. The number of carboxylic acids is 1. The van der Waals surface area contributed by atoms with Gasteiger partial charge in [-0.05, 0) is 41.3 Å². The average molecular weight is 310 g/mol. The predicted molar refractivity (Wildman–Crippen MR) is 86.2 cm³/mol. The highest BCUT2D eigenvalue weighted by molar-refractivity contribution is 6.00. The molecule has 0 bridgehead atoms. The van der Waals surface area contributed by atoms with Crippen LogP contribution in [-0.4, -0.2) is 16.9 Å². The fourth-order valence-electron chi connectivity index (χ4n) is 2.73. The van der Waals surface area contributed by atoms with Gasteiger partial charge >= 0.3 is 5.97 Å². The van der Waals surface area contributed by atoms with Crippen molar-refractivity contribution in [3.63, 3.8) is 0 Å². The first-order chi connectivity index (χ1) is 11.0. The van der Waals surface area contributed by atoms with Gasteiger partial charge < -0.3 is 9.84 Å². The van der Waals surface area contributed by atoms with E-state index in [9.17, 15) is 9.59 Å². The number of carbonyl (C=O) groups is 2. The van der Waals surface area contributed by atoms with Gasteiger partial charge in [0.05, 0.1) is 17.5 Å². The molecule has 0 saturated heterocycles. The van der Waals surface area contributed by atoms with Crippen molar-refractivity contribution < 1.29 is 19.4 Å². The van der Waals surface area contributed by atoms with Crippen molar-refractivity contribution in [1.82, 2.24) is 0 Å². The molecule has 0 saturated carbocycles. The minimum absolute atomic E-state index is 0.0565. The van der Waals surface area contributed by atoms with Gasteiger partial charge in [-0.3, -0.25) is 4.79 Å². The molecule has 1 N–H and O–H groups in total. The van der Waals surface area contributed by atoms with E-state index in [0.29, 0.717) is 17.2 Å². The standard InChI is InChI=1S/C19H18O4/c1-11(2)14-7-8-17-15(9-14)16(20)10-18(23-17)12-3-5-13(6-4-12)19(21)22/h3-9,11,18H,10H2,1-2H3,(H,21,22). The number of fused-ring (bicyclic) bond motifs is 1. The average Bonchev–Trinajstić information content (AvgIpc) is 2.54. The van der Waals surface area contributed by atoms with Crippen molar-refractivity contribution in [2.24, 2.45) is 0 Å². The minimum Gasteiger partial charge on any atom is -0.484 e. The van der Waals surface area contributed by atoms with E-state index in [1.807, 2.05) is 18.2 Å². The quantitative estimate of drug-likeness (QED) is 0.922. The summed E-state index contributed by atoms with van der Waals surface area (Å²) in [6.45, 7) is 4.17. The fraction of sp³-hybridized carbons (Fsp3) is 0.263.